The van der Waals surface area contributed by atoms with Gasteiger partial charge in [-0.15, -0.1) is 0 Å². The van der Waals surface area contributed by atoms with Gasteiger partial charge in [-0.05, 0) is 64.3 Å². The third kappa shape index (κ3) is 6.13. The Morgan fingerprint density at radius 3 is 2.35 bits per heavy atom. The number of benzene rings is 1. The summed E-state index contributed by atoms with van der Waals surface area (Å²) in [5.41, 5.74) is 0.891. The van der Waals surface area contributed by atoms with E-state index in [1.54, 1.807) is 29.2 Å². The van der Waals surface area contributed by atoms with E-state index in [1.807, 2.05) is 13.8 Å². The Bertz CT molecular complexity index is 802. The zero-order chi connectivity index (χ0) is 23.0. The molecule has 0 aliphatic carbocycles. The fourth-order valence-corrected chi connectivity index (χ4v) is 3.81. The molecule has 1 heterocycles. The van der Waals surface area contributed by atoms with Gasteiger partial charge in [-0.25, -0.2) is 9.69 Å². The van der Waals surface area contributed by atoms with E-state index < -0.39 is 23.8 Å². The predicted octanol–water partition coefficient (Wildman–Crippen LogP) is 1.84. The molecular formula is C23H35N4O4+. The summed E-state index contributed by atoms with van der Waals surface area (Å²) in [6.07, 6.45) is 2.37. The number of aliphatic imine (C=N–C) groups is 1. The molecule has 2 atom stereocenters. The average Bonchev–Trinajstić information content (AvgIpc) is 2.76. The van der Waals surface area contributed by atoms with Gasteiger partial charge in [-0.2, -0.15) is 0 Å². The number of carbonyl (C=O) groups excluding carboxylic acids is 3. The Morgan fingerprint density at radius 1 is 1.16 bits per heavy atom. The first-order valence-electron chi connectivity index (χ1n) is 11.1. The highest BCUT2D eigenvalue weighted by Crippen LogP contribution is 2.25. The zero-order valence-electron chi connectivity index (χ0n) is 19.2. The van der Waals surface area contributed by atoms with Crippen LogP contribution in [-0.2, 0) is 9.59 Å². The van der Waals surface area contributed by atoms with E-state index in [-0.39, 0.29) is 6.04 Å². The van der Waals surface area contributed by atoms with Gasteiger partial charge in [0.15, 0.2) is 5.92 Å². The molecule has 2 N–H and O–H groups in total. The molecule has 0 radical (unpaired) electrons. The number of rotatable bonds is 11. The van der Waals surface area contributed by atoms with Crippen LogP contribution in [0.5, 0.6) is 5.75 Å². The number of nitrogens with zero attached hydrogens (tertiary/aromatic N) is 2. The number of hydrogen-bond acceptors (Lipinski definition) is 5. The van der Waals surface area contributed by atoms with E-state index in [9.17, 15) is 14.4 Å². The Morgan fingerprint density at radius 2 is 1.81 bits per heavy atom. The van der Waals surface area contributed by atoms with Crippen molar-refractivity contribution in [2.75, 3.05) is 31.6 Å². The maximum atomic E-state index is 13.2. The Kier molecular flexibility index (Phi) is 9.18. The highest BCUT2D eigenvalue weighted by atomic mass is 16.5. The monoisotopic (exact) mass is 431 g/mol. The number of anilines is 1. The number of amides is 4. The smallest absolute Gasteiger partial charge is 0.335 e. The topological polar surface area (TPSA) is 92.5 Å². The van der Waals surface area contributed by atoms with Crippen LogP contribution < -0.4 is 19.9 Å². The number of urea groups is 1. The van der Waals surface area contributed by atoms with Crippen molar-refractivity contribution in [3.63, 3.8) is 0 Å². The predicted molar refractivity (Wildman–Crippen MR) is 121 cm³/mol. The molecule has 8 nitrogen and oxygen atoms in total. The molecule has 1 unspecified atom stereocenters. The minimum absolute atomic E-state index is 0.00224. The van der Waals surface area contributed by atoms with Crippen LogP contribution in [0.1, 0.15) is 47.0 Å². The molecule has 1 aliphatic rings. The van der Waals surface area contributed by atoms with Gasteiger partial charge < -0.3 is 9.64 Å². The summed E-state index contributed by atoms with van der Waals surface area (Å²) in [6, 6.07) is 5.81. The molecular weight excluding hydrogens is 396 g/mol. The van der Waals surface area contributed by atoms with Crippen LogP contribution in [0.3, 0.4) is 0 Å². The van der Waals surface area contributed by atoms with Crippen molar-refractivity contribution in [2.24, 2.45) is 10.9 Å². The van der Waals surface area contributed by atoms with Crippen molar-refractivity contribution < 1.29 is 24.0 Å². The first-order valence-corrected chi connectivity index (χ1v) is 11.1. The third-order valence-corrected chi connectivity index (χ3v) is 5.73. The number of imide groups is 2. The first kappa shape index (κ1) is 24.5. The summed E-state index contributed by atoms with van der Waals surface area (Å²) in [4.78, 5) is 45.4. The molecule has 1 aromatic carbocycles. The van der Waals surface area contributed by atoms with Gasteiger partial charge in [0, 0.05) is 11.8 Å². The number of hydrogen-bond donors (Lipinski definition) is 2. The highest BCUT2D eigenvalue weighted by Gasteiger charge is 2.43. The fourth-order valence-electron chi connectivity index (χ4n) is 3.81. The summed E-state index contributed by atoms with van der Waals surface area (Å²) in [6.45, 7) is 11.5. The second-order valence-electron chi connectivity index (χ2n) is 7.77. The Balaban J connectivity index is 2.18. The van der Waals surface area contributed by atoms with Gasteiger partial charge in [0.05, 0.1) is 32.4 Å². The molecule has 1 fully saturated rings. The standard InChI is InChI=1S/C23H34N4O4/c1-6-19(24-16(4)10-9-15-26(7-2)8-3)20-21(28)25-23(30)27(22(20)29)17-11-13-18(31-5)14-12-17/h11-14,16,20H,6-10,15H2,1-5H3,(H,25,28,30)/p+1/t16-,20?/m1/s1. The van der Waals surface area contributed by atoms with Crippen LogP contribution in [0, 0.1) is 5.92 Å². The van der Waals surface area contributed by atoms with Gasteiger partial charge >= 0.3 is 6.03 Å². The van der Waals surface area contributed by atoms with Crippen LogP contribution in [0.25, 0.3) is 0 Å². The molecule has 0 spiro atoms. The molecule has 170 valence electrons. The molecule has 4 amide bonds. The van der Waals surface area contributed by atoms with Crippen LogP contribution >= 0.6 is 0 Å². The van der Waals surface area contributed by atoms with Gasteiger partial charge in [0.25, 0.3) is 5.91 Å². The van der Waals surface area contributed by atoms with Gasteiger partial charge in [0.2, 0.25) is 5.91 Å². The summed E-state index contributed by atoms with van der Waals surface area (Å²) in [5, 5.41) is 2.31. The number of nitrogens with one attached hydrogen (secondary N) is 2. The van der Waals surface area contributed by atoms with E-state index in [2.05, 4.69) is 19.2 Å². The average molecular weight is 432 g/mol. The Hall–Kier alpha value is -2.74. The van der Waals surface area contributed by atoms with Crippen LogP contribution in [-0.4, -0.2) is 56.3 Å². The lowest BCUT2D eigenvalue weighted by atomic mass is 9.95. The second kappa shape index (κ2) is 11.6. The molecule has 0 aromatic heterocycles. The number of carbonyl (C=O) groups is 3. The zero-order valence-corrected chi connectivity index (χ0v) is 19.2. The van der Waals surface area contributed by atoms with Crippen LogP contribution in [0.2, 0.25) is 0 Å². The van der Waals surface area contributed by atoms with Gasteiger partial charge in [-0.1, -0.05) is 6.92 Å². The van der Waals surface area contributed by atoms with Gasteiger partial charge in [0.1, 0.15) is 5.75 Å². The Labute approximate surface area is 184 Å². The molecule has 1 aromatic rings. The lowest BCUT2D eigenvalue weighted by Crippen LogP contribution is -3.11. The van der Waals surface area contributed by atoms with Crippen molar-refractivity contribution in [3.8, 4) is 5.75 Å². The van der Waals surface area contributed by atoms with Crippen molar-refractivity contribution in [1.29, 1.82) is 0 Å². The quantitative estimate of drug-likeness (QED) is 0.413. The normalized spacial score (nSPS) is 18.4. The van der Waals surface area contributed by atoms with E-state index in [1.165, 1.54) is 7.11 Å². The molecule has 0 saturated carbocycles. The van der Waals surface area contributed by atoms with Crippen molar-refractivity contribution in [2.45, 2.75) is 53.0 Å². The minimum atomic E-state index is -1.10. The third-order valence-electron chi connectivity index (χ3n) is 5.73. The summed E-state index contributed by atoms with van der Waals surface area (Å²) in [7, 11) is 1.54. The summed E-state index contributed by atoms with van der Waals surface area (Å²) < 4.78 is 5.13. The van der Waals surface area contributed by atoms with Crippen molar-refractivity contribution >= 4 is 29.2 Å². The molecule has 0 bridgehead atoms. The maximum Gasteiger partial charge on any atom is 0.335 e. The summed E-state index contributed by atoms with van der Waals surface area (Å²) in [5.74, 6) is -1.67. The maximum absolute atomic E-state index is 13.2. The van der Waals surface area contributed by atoms with E-state index >= 15 is 0 Å². The molecule has 1 saturated heterocycles. The second-order valence-corrected chi connectivity index (χ2v) is 7.77. The number of methoxy groups -OCH3 is 1. The lowest BCUT2D eigenvalue weighted by molar-refractivity contribution is -0.896. The van der Waals surface area contributed by atoms with E-state index in [0.29, 0.717) is 23.6 Å². The van der Waals surface area contributed by atoms with Crippen LogP contribution in [0.4, 0.5) is 10.5 Å². The first-order chi connectivity index (χ1) is 14.9. The number of quaternary nitrogens is 1. The lowest BCUT2D eigenvalue weighted by Gasteiger charge is -2.31. The van der Waals surface area contributed by atoms with Crippen molar-refractivity contribution in [1.82, 2.24) is 5.32 Å². The number of barbiturate groups is 1. The SMILES string of the molecule is CCC(=N[C@H](C)CCC[NH+](CC)CC)C1C(=O)NC(=O)N(c2ccc(OC)cc2)C1=O. The van der Waals surface area contributed by atoms with Crippen molar-refractivity contribution in [3.05, 3.63) is 24.3 Å². The largest absolute Gasteiger partial charge is 0.497 e. The van der Waals surface area contributed by atoms with Gasteiger partial charge in [-0.3, -0.25) is 19.9 Å². The fraction of sp³-hybridized carbons (Fsp3) is 0.565. The molecule has 2 rings (SSSR count). The number of ether oxygens (including phenoxy) is 1. The van der Waals surface area contributed by atoms with Crippen LogP contribution in [0.15, 0.2) is 29.3 Å². The van der Waals surface area contributed by atoms with E-state index in [4.69, 9.17) is 9.73 Å². The summed E-state index contributed by atoms with van der Waals surface area (Å²) >= 11 is 0. The molecule has 31 heavy (non-hydrogen) atoms. The molecule has 1 aliphatic heterocycles. The highest BCUT2D eigenvalue weighted by molar-refractivity contribution is 6.35. The minimum Gasteiger partial charge on any atom is -0.497 e. The molecule has 8 heteroatoms. The van der Waals surface area contributed by atoms with E-state index in [0.717, 1.165) is 37.4 Å².